The number of benzene rings is 3. The number of methoxy groups -OCH3 is 2. The van der Waals surface area contributed by atoms with Crippen molar-refractivity contribution >= 4 is 33.2 Å². The van der Waals surface area contributed by atoms with Gasteiger partial charge < -0.3 is 19.5 Å². The highest BCUT2D eigenvalue weighted by molar-refractivity contribution is 7.92. The van der Waals surface area contributed by atoms with Gasteiger partial charge in [0.1, 0.15) is 5.75 Å². The Kier molecular flexibility index (Phi) is 9.06. The van der Waals surface area contributed by atoms with E-state index >= 15 is 0 Å². The van der Waals surface area contributed by atoms with E-state index in [2.05, 4.69) is 5.32 Å². The molecule has 10 heteroatoms. The van der Waals surface area contributed by atoms with E-state index in [1.54, 1.807) is 74.9 Å². The normalized spacial score (nSPS) is 11.9. The summed E-state index contributed by atoms with van der Waals surface area (Å²) in [6.45, 7) is 1.74. The number of amides is 1. The van der Waals surface area contributed by atoms with E-state index in [-0.39, 0.29) is 25.1 Å². The molecular formula is C26H29ClN2O6S. The first-order valence-electron chi connectivity index (χ1n) is 11.1. The molecule has 3 aromatic rings. The fourth-order valence-corrected chi connectivity index (χ4v) is 4.60. The van der Waals surface area contributed by atoms with Crippen LogP contribution in [0.2, 0.25) is 5.02 Å². The standard InChI is InChI=1S/C26H29ClN2O6S/c1-18(19-9-14-24(33-2)25(15-19)34-3)28-26(30)17-35-22-12-10-21(11-13-22)29(36(4,31)32)16-20-7-5-6-8-23(20)27/h5-15,18H,16-17H2,1-4H3,(H,28,30). The van der Waals surface area contributed by atoms with Gasteiger partial charge >= 0.3 is 0 Å². The summed E-state index contributed by atoms with van der Waals surface area (Å²) >= 11 is 6.21. The number of carbonyl (C=O) groups excluding carboxylic acids is 1. The van der Waals surface area contributed by atoms with E-state index in [0.29, 0.717) is 33.5 Å². The van der Waals surface area contributed by atoms with Crippen molar-refractivity contribution in [1.29, 1.82) is 0 Å². The van der Waals surface area contributed by atoms with Crippen LogP contribution in [-0.2, 0) is 21.4 Å². The molecule has 0 spiro atoms. The van der Waals surface area contributed by atoms with E-state index in [9.17, 15) is 13.2 Å². The lowest BCUT2D eigenvalue weighted by molar-refractivity contribution is -0.123. The molecule has 0 saturated carbocycles. The fraction of sp³-hybridized carbons (Fsp3) is 0.269. The van der Waals surface area contributed by atoms with Gasteiger partial charge in [-0.15, -0.1) is 0 Å². The van der Waals surface area contributed by atoms with Crippen LogP contribution in [0.4, 0.5) is 5.69 Å². The molecule has 192 valence electrons. The van der Waals surface area contributed by atoms with Gasteiger partial charge in [0.05, 0.1) is 38.7 Å². The Balaban J connectivity index is 1.61. The summed E-state index contributed by atoms with van der Waals surface area (Å²) in [5.74, 6) is 1.30. The Morgan fingerprint density at radius 3 is 2.28 bits per heavy atom. The first-order valence-corrected chi connectivity index (χ1v) is 13.3. The average Bonchev–Trinajstić information content (AvgIpc) is 2.86. The zero-order valence-corrected chi connectivity index (χ0v) is 22.1. The highest BCUT2D eigenvalue weighted by Gasteiger charge is 2.19. The van der Waals surface area contributed by atoms with Crippen LogP contribution in [0.1, 0.15) is 24.1 Å². The van der Waals surface area contributed by atoms with Crippen LogP contribution < -0.4 is 23.8 Å². The molecule has 0 aliphatic rings. The van der Waals surface area contributed by atoms with Crippen LogP contribution in [-0.4, -0.2) is 41.4 Å². The lowest BCUT2D eigenvalue weighted by Crippen LogP contribution is -2.31. The summed E-state index contributed by atoms with van der Waals surface area (Å²) in [5.41, 5.74) is 1.99. The van der Waals surface area contributed by atoms with Gasteiger partial charge in [-0.3, -0.25) is 9.10 Å². The minimum atomic E-state index is -3.57. The first-order chi connectivity index (χ1) is 17.1. The van der Waals surface area contributed by atoms with E-state index in [0.717, 1.165) is 11.8 Å². The molecule has 8 nitrogen and oxygen atoms in total. The van der Waals surface area contributed by atoms with Gasteiger partial charge in [-0.2, -0.15) is 0 Å². The Morgan fingerprint density at radius 2 is 1.67 bits per heavy atom. The quantitative estimate of drug-likeness (QED) is 0.388. The highest BCUT2D eigenvalue weighted by Crippen LogP contribution is 2.30. The van der Waals surface area contributed by atoms with Gasteiger partial charge in [-0.1, -0.05) is 35.9 Å². The number of nitrogens with one attached hydrogen (secondary N) is 1. The predicted octanol–water partition coefficient (Wildman–Crippen LogP) is 4.58. The monoisotopic (exact) mass is 532 g/mol. The van der Waals surface area contributed by atoms with Crippen molar-refractivity contribution < 1.29 is 27.4 Å². The van der Waals surface area contributed by atoms with Gasteiger partial charge in [0.2, 0.25) is 10.0 Å². The SMILES string of the molecule is COc1ccc(C(C)NC(=O)COc2ccc(N(Cc3ccccc3Cl)S(C)(=O)=O)cc2)cc1OC. The van der Waals surface area contributed by atoms with Gasteiger partial charge in [0.15, 0.2) is 18.1 Å². The van der Waals surface area contributed by atoms with Gasteiger partial charge in [0, 0.05) is 5.02 Å². The summed E-state index contributed by atoms with van der Waals surface area (Å²) in [7, 11) is -0.457. The van der Waals surface area contributed by atoms with Crippen molar-refractivity contribution in [2.75, 3.05) is 31.4 Å². The molecule has 0 aliphatic heterocycles. The largest absolute Gasteiger partial charge is 0.493 e. The molecule has 0 heterocycles. The predicted molar refractivity (Wildman–Crippen MR) is 141 cm³/mol. The molecule has 0 radical (unpaired) electrons. The second-order valence-electron chi connectivity index (χ2n) is 8.05. The van der Waals surface area contributed by atoms with Crippen LogP contribution >= 0.6 is 11.6 Å². The van der Waals surface area contributed by atoms with Crippen molar-refractivity contribution in [1.82, 2.24) is 5.32 Å². The number of halogens is 1. The number of hydrogen-bond donors (Lipinski definition) is 1. The summed E-state index contributed by atoms with van der Waals surface area (Å²) < 4.78 is 42.3. The molecule has 0 bridgehead atoms. The Morgan fingerprint density at radius 1 is 1.00 bits per heavy atom. The third kappa shape index (κ3) is 7.05. The third-order valence-corrected chi connectivity index (χ3v) is 6.96. The van der Waals surface area contributed by atoms with Crippen LogP contribution in [0.5, 0.6) is 17.2 Å². The fourth-order valence-electron chi connectivity index (χ4n) is 3.53. The maximum atomic E-state index is 12.4. The molecule has 0 aromatic heterocycles. The molecule has 0 aliphatic carbocycles. The van der Waals surface area contributed by atoms with Crippen LogP contribution in [0.25, 0.3) is 0 Å². The minimum Gasteiger partial charge on any atom is -0.493 e. The number of sulfonamides is 1. The summed E-state index contributed by atoms with van der Waals surface area (Å²) in [5, 5.41) is 3.36. The molecule has 3 aromatic carbocycles. The molecule has 1 amide bonds. The van der Waals surface area contributed by atoms with E-state index in [1.807, 2.05) is 13.0 Å². The third-order valence-electron chi connectivity index (χ3n) is 5.45. The summed E-state index contributed by atoms with van der Waals surface area (Å²) in [6.07, 6.45) is 1.14. The minimum absolute atomic E-state index is 0.0924. The molecule has 1 N–H and O–H groups in total. The maximum Gasteiger partial charge on any atom is 0.258 e. The Bertz CT molecular complexity index is 1300. The van der Waals surface area contributed by atoms with E-state index < -0.39 is 10.0 Å². The van der Waals surface area contributed by atoms with Crippen molar-refractivity contribution in [3.05, 3.63) is 82.9 Å². The van der Waals surface area contributed by atoms with Gasteiger partial charge in [-0.05, 0) is 60.5 Å². The molecule has 36 heavy (non-hydrogen) atoms. The molecule has 0 fully saturated rings. The molecule has 0 saturated heterocycles. The zero-order valence-electron chi connectivity index (χ0n) is 20.5. The Labute approximate surface area is 216 Å². The lowest BCUT2D eigenvalue weighted by atomic mass is 10.1. The molecular weight excluding hydrogens is 504 g/mol. The van der Waals surface area contributed by atoms with Crippen LogP contribution in [0, 0.1) is 0 Å². The van der Waals surface area contributed by atoms with Crippen molar-refractivity contribution in [2.24, 2.45) is 0 Å². The second-order valence-corrected chi connectivity index (χ2v) is 10.4. The number of nitrogens with zero attached hydrogens (tertiary/aromatic N) is 1. The van der Waals surface area contributed by atoms with Crippen LogP contribution in [0.15, 0.2) is 66.7 Å². The number of rotatable bonds is 11. The van der Waals surface area contributed by atoms with Gasteiger partial charge in [-0.25, -0.2) is 8.42 Å². The summed E-state index contributed by atoms with van der Waals surface area (Å²) in [4.78, 5) is 12.4. The number of carbonyl (C=O) groups is 1. The average molecular weight is 533 g/mol. The number of ether oxygens (including phenoxy) is 3. The van der Waals surface area contributed by atoms with E-state index in [1.165, 1.54) is 4.31 Å². The van der Waals surface area contributed by atoms with Crippen LogP contribution in [0.3, 0.4) is 0 Å². The summed E-state index contributed by atoms with van der Waals surface area (Å²) in [6, 6.07) is 18.7. The maximum absolute atomic E-state index is 12.4. The molecule has 1 atom stereocenters. The molecule has 3 rings (SSSR count). The first kappa shape index (κ1) is 27.2. The highest BCUT2D eigenvalue weighted by atomic mass is 35.5. The van der Waals surface area contributed by atoms with E-state index in [4.69, 9.17) is 25.8 Å². The van der Waals surface area contributed by atoms with Gasteiger partial charge in [0.25, 0.3) is 5.91 Å². The van der Waals surface area contributed by atoms with Crippen molar-refractivity contribution in [3.8, 4) is 17.2 Å². The zero-order chi connectivity index (χ0) is 26.3. The van der Waals surface area contributed by atoms with Crippen molar-refractivity contribution in [3.63, 3.8) is 0 Å². The smallest absolute Gasteiger partial charge is 0.258 e. The number of hydrogen-bond acceptors (Lipinski definition) is 6. The Hall–Kier alpha value is -3.43. The number of anilines is 1. The van der Waals surface area contributed by atoms with Crippen molar-refractivity contribution in [2.45, 2.75) is 19.5 Å². The second kappa shape index (κ2) is 12.0. The topological polar surface area (TPSA) is 94.2 Å². The lowest BCUT2D eigenvalue weighted by Gasteiger charge is -2.23. The molecule has 1 unspecified atom stereocenters.